The first-order valence-electron chi connectivity index (χ1n) is 5.59. The molecule has 108 valence electrons. The number of nitrogens with one attached hydrogen (secondary N) is 1. The van der Waals surface area contributed by atoms with Crippen molar-refractivity contribution in [2.75, 3.05) is 5.32 Å². The number of nitro benzene ring substituents is 1. The fourth-order valence-electron chi connectivity index (χ4n) is 1.64. The lowest BCUT2D eigenvalue weighted by molar-refractivity contribution is -0.387. The molecular formula is C13H7BrF2N2O3. The lowest BCUT2D eigenvalue weighted by Gasteiger charge is -2.07. The van der Waals surface area contributed by atoms with E-state index in [2.05, 4.69) is 21.2 Å². The van der Waals surface area contributed by atoms with Crippen molar-refractivity contribution in [3.63, 3.8) is 0 Å². The summed E-state index contributed by atoms with van der Waals surface area (Å²) in [6.45, 7) is 0. The fraction of sp³-hybridized carbons (Fsp3) is 0. The van der Waals surface area contributed by atoms with Crippen LogP contribution in [0.4, 0.5) is 20.2 Å². The summed E-state index contributed by atoms with van der Waals surface area (Å²) in [5.74, 6) is -3.43. The van der Waals surface area contributed by atoms with Gasteiger partial charge < -0.3 is 5.32 Å². The molecule has 0 radical (unpaired) electrons. The van der Waals surface area contributed by atoms with Crippen LogP contribution in [0.2, 0.25) is 0 Å². The van der Waals surface area contributed by atoms with Gasteiger partial charge in [-0.2, -0.15) is 4.39 Å². The molecule has 0 unspecified atom stereocenters. The van der Waals surface area contributed by atoms with Gasteiger partial charge in [0, 0.05) is 10.2 Å². The Hall–Kier alpha value is -2.35. The zero-order valence-electron chi connectivity index (χ0n) is 10.3. The van der Waals surface area contributed by atoms with Crippen LogP contribution in [0.5, 0.6) is 0 Å². The molecule has 2 rings (SSSR count). The summed E-state index contributed by atoms with van der Waals surface area (Å²) in [6.07, 6.45) is 0. The third kappa shape index (κ3) is 3.40. The molecule has 1 amide bonds. The quantitative estimate of drug-likeness (QED) is 0.669. The summed E-state index contributed by atoms with van der Waals surface area (Å²) in [5, 5.41) is 12.9. The van der Waals surface area contributed by atoms with Gasteiger partial charge in [-0.05, 0) is 24.3 Å². The highest BCUT2D eigenvalue weighted by Gasteiger charge is 2.24. The molecule has 0 aliphatic carbocycles. The SMILES string of the molecule is O=C(Nc1cccc(Br)c1)c1cc(F)cc([N+](=O)[O-])c1F. The predicted molar refractivity (Wildman–Crippen MR) is 75.1 cm³/mol. The Balaban J connectivity index is 2.37. The normalized spacial score (nSPS) is 10.2. The molecule has 2 aromatic carbocycles. The Kier molecular flexibility index (Phi) is 4.27. The highest BCUT2D eigenvalue weighted by molar-refractivity contribution is 9.10. The Morgan fingerprint density at radius 3 is 2.57 bits per heavy atom. The number of hydrogen-bond donors (Lipinski definition) is 1. The minimum Gasteiger partial charge on any atom is -0.322 e. The van der Waals surface area contributed by atoms with Crippen LogP contribution in [-0.4, -0.2) is 10.8 Å². The highest BCUT2D eigenvalue weighted by Crippen LogP contribution is 2.24. The van der Waals surface area contributed by atoms with Crippen LogP contribution < -0.4 is 5.32 Å². The molecule has 0 aromatic heterocycles. The summed E-state index contributed by atoms with van der Waals surface area (Å²) in [7, 11) is 0. The van der Waals surface area contributed by atoms with Crippen molar-refractivity contribution in [1.29, 1.82) is 0 Å². The van der Waals surface area contributed by atoms with Crippen molar-refractivity contribution in [1.82, 2.24) is 0 Å². The van der Waals surface area contributed by atoms with Crippen LogP contribution in [-0.2, 0) is 0 Å². The van der Waals surface area contributed by atoms with Crippen LogP contribution >= 0.6 is 15.9 Å². The van der Waals surface area contributed by atoms with Gasteiger partial charge in [0.05, 0.1) is 16.6 Å². The fourth-order valence-corrected chi connectivity index (χ4v) is 2.04. The number of nitrogens with zero attached hydrogens (tertiary/aromatic N) is 1. The monoisotopic (exact) mass is 356 g/mol. The van der Waals surface area contributed by atoms with E-state index in [1.165, 1.54) is 6.07 Å². The number of amides is 1. The lowest BCUT2D eigenvalue weighted by Crippen LogP contribution is -2.15. The van der Waals surface area contributed by atoms with Crippen molar-refractivity contribution < 1.29 is 18.5 Å². The largest absolute Gasteiger partial charge is 0.322 e. The molecule has 0 saturated heterocycles. The second-order valence-corrected chi connectivity index (χ2v) is 4.92. The summed E-state index contributed by atoms with van der Waals surface area (Å²) in [5.41, 5.74) is -1.49. The number of nitro groups is 1. The molecular weight excluding hydrogens is 350 g/mol. The van der Waals surface area contributed by atoms with Gasteiger partial charge in [0.2, 0.25) is 5.82 Å². The zero-order chi connectivity index (χ0) is 15.6. The van der Waals surface area contributed by atoms with E-state index in [9.17, 15) is 23.7 Å². The molecule has 2 aromatic rings. The lowest BCUT2D eigenvalue weighted by atomic mass is 10.1. The van der Waals surface area contributed by atoms with E-state index in [4.69, 9.17) is 0 Å². The summed E-state index contributed by atoms with van der Waals surface area (Å²) in [6, 6.07) is 7.45. The molecule has 0 fully saturated rings. The van der Waals surface area contributed by atoms with E-state index < -0.39 is 33.7 Å². The van der Waals surface area contributed by atoms with Crippen molar-refractivity contribution in [3.05, 3.63) is 68.2 Å². The Morgan fingerprint density at radius 1 is 1.24 bits per heavy atom. The zero-order valence-corrected chi connectivity index (χ0v) is 11.9. The van der Waals surface area contributed by atoms with E-state index in [1.54, 1.807) is 18.2 Å². The van der Waals surface area contributed by atoms with Crippen LogP contribution in [0, 0.1) is 21.7 Å². The molecule has 21 heavy (non-hydrogen) atoms. The van der Waals surface area contributed by atoms with Gasteiger partial charge >= 0.3 is 5.69 Å². The van der Waals surface area contributed by atoms with Crippen molar-refractivity contribution >= 4 is 33.2 Å². The first-order valence-corrected chi connectivity index (χ1v) is 6.38. The maximum absolute atomic E-state index is 13.9. The molecule has 1 N–H and O–H groups in total. The van der Waals surface area contributed by atoms with Gasteiger partial charge in [-0.1, -0.05) is 22.0 Å². The molecule has 5 nitrogen and oxygen atoms in total. The van der Waals surface area contributed by atoms with Crippen LogP contribution in [0.15, 0.2) is 40.9 Å². The van der Waals surface area contributed by atoms with E-state index in [-0.39, 0.29) is 0 Å². The first-order chi connectivity index (χ1) is 9.88. The average molecular weight is 357 g/mol. The molecule has 0 atom stereocenters. The highest BCUT2D eigenvalue weighted by atomic mass is 79.9. The Bertz CT molecular complexity index is 737. The van der Waals surface area contributed by atoms with E-state index in [0.717, 1.165) is 0 Å². The number of hydrogen-bond acceptors (Lipinski definition) is 3. The van der Waals surface area contributed by atoms with Gasteiger partial charge in [-0.3, -0.25) is 14.9 Å². The smallest absolute Gasteiger partial charge is 0.308 e. The minimum absolute atomic E-state index is 0.334. The number of benzene rings is 2. The van der Waals surface area contributed by atoms with Gasteiger partial charge in [0.25, 0.3) is 5.91 Å². The number of halogens is 3. The van der Waals surface area contributed by atoms with Gasteiger partial charge in [0.15, 0.2) is 0 Å². The molecule has 0 heterocycles. The third-order valence-electron chi connectivity index (χ3n) is 2.54. The van der Waals surface area contributed by atoms with E-state index in [1.807, 2.05) is 0 Å². The maximum atomic E-state index is 13.9. The second kappa shape index (κ2) is 5.96. The molecule has 0 bridgehead atoms. The number of anilines is 1. The molecule has 0 aliphatic heterocycles. The summed E-state index contributed by atoms with van der Waals surface area (Å²) < 4.78 is 27.8. The van der Waals surface area contributed by atoms with Crippen LogP contribution in [0.1, 0.15) is 10.4 Å². The maximum Gasteiger partial charge on any atom is 0.308 e. The number of carbonyl (C=O) groups excluding carboxylic acids is 1. The second-order valence-electron chi connectivity index (χ2n) is 4.01. The first kappa shape index (κ1) is 15.0. The standard InChI is InChI=1S/C13H7BrF2N2O3/c14-7-2-1-3-9(4-7)17-13(19)10-5-8(15)6-11(12(10)16)18(20)21/h1-6H,(H,17,19). The van der Waals surface area contributed by atoms with Crippen molar-refractivity contribution in [2.45, 2.75) is 0 Å². The van der Waals surface area contributed by atoms with Crippen LogP contribution in [0.25, 0.3) is 0 Å². The number of carbonyl (C=O) groups is 1. The predicted octanol–water partition coefficient (Wildman–Crippen LogP) is 3.89. The van der Waals surface area contributed by atoms with Gasteiger partial charge in [-0.15, -0.1) is 0 Å². The van der Waals surface area contributed by atoms with Crippen molar-refractivity contribution in [2.24, 2.45) is 0 Å². The Labute approximate surface area is 125 Å². The Morgan fingerprint density at radius 2 is 1.95 bits per heavy atom. The minimum atomic E-state index is -1.38. The van der Waals surface area contributed by atoms with E-state index >= 15 is 0 Å². The van der Waals surface area contributed by atoms with Gasteiger partial charge in [0.1, 0.15) is 5.82 Å². The topological polar surface area (TPSA) is 72.2 Å². The molecule has 0 saturated carbocycles. The summed E-state index contributed by atoms with van der Waals surface area (Å²) >= 11 is 3.19. The molecule has 0 aliphatic rings. The molecule has 8 heteroatoms. The van der Waals surface area contributed by atoms with Crippen molar-refractivity contribution in [3.8, 4) is 0 Å². The number of rotatable bonds is 3. The molecule has 0 spiro atoms. The van der Waals surface area contributed by atoms with Crippen LogP contribution in [0.3, 0.4) is 0 Å². The third-order valence-corrected chi connectivity index (χ3v) is 3.04. The summed E-state index contributed by atoms with van der Waals surface area (Å²) in [4.78, 5) is 21.4. The average Bonchev–Trinajstić information content (AvgIpc) is 2.40. The van der Waals surface area contributed by atoms with E-state index in [0.29, 0.717) is 22.3 Å². The van der Waals surface area contributed by atoms with Gasteiger partial charge in [-0.25, -0.2) is 4.39 Å².